The lowest BCUT2D eigenvalue weighted by atomic mass is 10.2. The van der Waals surface area contributed by atoms with Gasteiger partial charge in [0.25, 0.3) is 0 Å². The third kappa shape index (κ3) is 4.31. The molecule has 140 valence electrons. The van der Waals surface area contributed by atoms with Crippen molar-refractivity contribution in [1.29, 1.82) is 0 Å². The van der Waals surface area contributed by atoms with Crippen LogP contribution in [0.3, 0.4) is 0 Å². The van der Waals surface area contributed by atoms with Gasteiger partial charge in [-0.1, -0.05) is 13.3 Å². The van der Waals surface area contributed by atoms with E-state index in [1.54, 1.807) is 11.3 Å². The van der Waals surface area contributed by atoms with Crippen LogP contribution in [0.25, 0.3) is 0 Å². The normalized spacial score (nSPS) is 15.7. The molecule has 3 rings (SSSR count). The van der Waals surface area contributed by atoms with E-state index in [4.69, 9.17) is 4.74 Å². The minimum atomic E-state index is -3.49. The molecule has 6 nitrogen and oxygen atoms in total. The zero-order valence-corrected chi connectivity index (χ0v) is 16.3. The van der Waals surface area contributed by atoms with E-state index in [2.05, 4.69) is 4.98 Å². The number of piperidine rings is 1. The molecular formula is C18H22N2O4S2. The van der Waals surface area contributed by atoms with Crippen LogP contribution in [0, 0.1) is 0 Å². The van der Waals surface area contributed by atoms with E-state index in [9.17, 15) is 13.2 Å². The number of aryl methyl sites for hydroxylation is 1. The summed E-state index contributed by atoms with van der Waals surface area (Å²) in [7, 11) is -3.49. The highest BCUT2D eigenvalue weighted by Gasteiger charge is 2.26. The summed E-state index contributed by atoms with van der Waals surface area (Å²) in [5.41, 5.74) is 1.05. The molecule has 1 aliphatic heterocycles. The highest BCUT2D eigenvalue weighted by Crippen LogP contribution is 2.21. The van der Waals surface area contributed by atoms with Crippen molar-refractivity contribution in [2.75, 3.05) is 13.1 Å². The van der Waals surface area contributed by atoms with Crippen molar-refractivity contribution < 1.29 is 17.9 Å². The highest BCUT2D eigenvalue weighted by molar-refractivity contribution is 7.89. The molecule has 0 unspecified atom stereocenters. The molecule has 0 atom stereocenters. The molecule has 0 N–H and O–H groups in total. The number of nitrogens with zero attached hydrogens (tertiary/aromatic N) is 2. The molecule has 1 saturated heterocycles. The van der Waals surface area contributed by atoms with Gasteiger partial charge in [0.05, 0.1) is 21.2 Å². The van der Waals surface area contributed by atoms with Crippen molar-refractivity contribution in [3.63, 3.8) is 0 Å². The quantitative estimate of drug-likeness (QED) is 0.703. The molecule has 2 aromatic rings. The van der Waals surface area contributed by atoms with Crippen molar-refractivity contribution >= 4 is 27.3 Å². The van der Waals surface area contributed by atoms with E-state index < -0.39 is 16.0 Å². The Labute approximate surface area is 157 Å². The lowest BCUT2D eigenvalue weighted by molar-refractivity contribution is 0.0468. The zero-order valence-electron chi connectivity index (χ0n) is 14.7. The van der Waals surface area contributed by atoms with Gasteiger partial charge in [-0.05, 0) is 43.5 Å². The van der Waals surface area contributed by atoms with E-state index >= 15 is 0 Å². The summed E-state index contributed by atoms with van der Waals surface area (Å²) in [5.74, 6) is -0.488. The number of rotatable bonds is 6. The van der Waals surface area contributed by atoms with Crippen LogP contribution >= 0.6 is 11.3 Å². The third-order valence-electron chi connectivity index (χ3n) is 4.30. The van der Waals surface area contributed by atoms with Gasteiger partial charge >= 0.3 is 5.97 Å². The summed E-state index contributed by atoms with van der Waals surface area (Å²) >= 11 is 1.54. The molecule has 26 heavy (non-hydrogen) atoms. The molecule has 1 aromatic carbocycles. The Kier molecular flexibility index (Phi) is 6.05. The maximum atomic E-state index is 12.6. The number of esters is 1. The van der Waals surface area contributed by atoms with Gasteiger partial charge < -0.3 is 4.74 Å². The maximum absolute atomic E-state index is 12.6. The molecule has 8 heteroatoms. The van der Waals surface area contributed by atoms with Gasteiger partial charge in [-0.25, -0.2) is 18.2 Å². The second-order valence-corrected chi connectivity index (χ2v) is 9.03. The number of carbonyl (C=O) groups excluding carboxylic acids is 1. The van der Waals surface area contributed by atoms with Crippen LogP contribution in [0.1, 0.15) is 47.2 Å². The Balaban J connectivity index is 1.63. The van der Waals surface area contributed by atoms with Gasteiger partial charge in [-0.15, -0.1) is 11.3 Å². The fourth-order valence-corrected chi connectivity index (χ4v) is 5.06. The Morgan fingerprint density at radius 1 is 1.19 bits per heavy atom. The first-order valence-electron chi connectivity index (χ1n) is 8.71. The predicted octanol–water partition coefficient (Wildman–Crippen LogP) is 3.24. The van der Waals surface area contributed by atoms with Crippen molar-refractivity contribution in [3.05, 3.63) is 45.9 Å². The number of hydrogen-bond acceptors (Lipinski definition) is 6. The van der Waals surface area contributed by atoms with Gasteiger partial charge in [-0.3, -0.25) is 0 Å². The molecule has 0 saturated carbocycles. The van der Waals surface area contributed by atoms with Gasteiger partial charge in [0.2, 0.25) is 10.0 Å². The van der Waals surface area contributed by atoms with Crippen molar-refractivity contribution in [1.82, 2.24) is 9.29 Å². The standard InChI is InChI=1S/C18H22N2O4S2/c1-2-17-19-15(13-25-17)12-24-18(21)14-6-8-16(9-7-14)26(22,23)20-10-4-3-5-11-20/h6-9,13H,2-5,10-12H2,1H3. The molecular weight excluding hydrogens is 372 g/mol. The fraction of sp³-hybridized carbons (Fsp3) is 0.444. The number of benzene rings is 1. The Bertz CT molecular complexity index is 854. The Morgan fingerprint density at radius 3 is 2.50 bits per heavy atom. The van der Waals surface area contributed by atoms with Crippen LogP contribution in [0.4, 0.5) is 0 Å². The first kappa shape index (κ1) is 19.0. The lowest BCUT2D eigenvalue weighted by Gasteiger charge is -2.25. The molecule has 2 heterocycles. The number of hydrogen-bond donors (Lipinski definition) is 0. The monoisotopic (exact) mass is 394 g/mol. The van der Waals surface area contributed by atoms with Crippen molar-refractivity contribution in [2.45, 2.75) is 44.1 Å². The predicted molar refractivity (Wildman–Crippen MR) is 99.7 cm³/mol. The SMILES string of the molecule is CCc1nc(COC(=O)c2ccc(S(=O)(=O)N3CCCCC3)cc2)cs1. The third-order valence-corrected chi connectivity index (χ3v) is 7.25. The van der Waals surface area contributed by atoms with Crippen LogP contribution < -0.4 is 0 Å². The smallest absolute Gasteiger partial charge is 0.338 e. The van der Waals surface area contributed by atoms with E-state index in [-0.39, 0.29) is 11.5 Å². The summed E-state index contributed by atoms with van der Waals surface area (Å²) in [4.78, 5) is 16.7. The largest absolute Gasteiger partial charge is 0.456 e. The van der Waals surface area contributed by atoms with E-state index in [1.165, 1.54) is 28.6 Å². The summed E-state index contributed by atoms with van der Waals surface area (Å²) in [6.07, 6.45) is 3.70. The van der Waals surface area contributed by atoms with Crippen molar-refractivity contribution in [3.8, 4) is 0 Å². The molecule has 0 bridgehead atoms. The van der Waals surface area contributed by atoms with E-state index in [1.807, 2.05) is 12.3 Å². The molecule has 1 aromatic heterocycles. The number of ether oxygens (including phenoxy) is 1. The minimum Gasteiger partial charge on any atom is -0.456 e. The Hall–Kier alpha value is -1.77. The highest BCUT2D eigenvalue weighted by atomic mass is 32.2. The average molecular weight is 395 g/mol. The van der Waals surface area contributed by atoms with Crippen LogP contribution in [-0.4, -0.2) is 36.8 Å². The molecule has 0 spiro atoms. The lowest BCUT2D eigenvalue weighted by Crippen LogP contribution is -2.35. The van der Waals surface area contributed by atoms with Gasteiger partial charge in [0.15, 0.2) is 0 Å². The van der Waals surface area contributed by atoms with Gasteiger partial charge in [0, 0.05) is 18.5 Å². The summed E-state index contributed by atoms with van der Waals surface area (Å²) < 4.78 is 32.0. The first-order valence-corrected chi connectivity index (χ1v) is 11.0. The average Bonchev–Trinajstić information content (AvgIpc) is 3.15. The summed E-state index contributed by atoms with van der Waals surface area (Å²) in [6, 6.07) is 5.94. The van der Waals surface area contributed by atoms with Gasteiger partial charge in [0.1, 0.15) is 6.61 Å². The maximum Gasteiger partial charge on any atom is 0.338 e. The van der Waals surface area contributed by atoms with Crippen LogP contribution in [0.2, 0.25) is 0 Å². The number of carbonyl (C=O) groups is 1. The minimum absolute atomic E-state index is 0.114. The number of thiazole rings is 1. The number of sulfonamides is 1. The van der Waals surface area contributed by atoms with E-state index in [0.717, 1.165) is 36.4 Å². The van der Waals surface area contributed by atoms with Crippen LogP contribution in [-0.2, 0) is 27.8 Å². The second-order valence-electron chi connectivity index (χ2n) is 6.15. The van der Waals surface area contributed by atoms with Gasteiger partial charge in [-0.2, -0.15) is 4.31 Å². The molecule has 0 radical (unpaired) electrons. The number of aromatic nitrogens is 1. The first-order chi connectivity index (χ1) is 12.5. The Morgan fingerprint density at radius 2 is 1.88 bits per heavy atom. The summed E-state index contributed by atoms with van der Waals surface area (Å²) in [5, 5.41) is 2.88. The zero-order chi connectivity index (χ0) is 18.6. The van der Waals surface area contributed by atoms with Crippen LogP contribution in [0.5, 0.6) is 0 Å². The molecule has 0 aliphatic carbocycles. The second kappa shape index (κ2) is 8.28. The fourth-order valence-electron chi connectivity index (χ4n) is 2.82. The summed E-state index contributed by atoms with van der Waals surface area (Å²) in [6.45, 7) is 3.25. The van der Waals surface area contributed by atoms with Crippen molar-refractivity contribution in [2.24, 2.45) is 0 Å². The molecule has 1 aliphatic rings. The topological polar surface area (TPSA) is 76.6 Å². The molecule has 1 fully saturated rings. The van der Waals surface area contributed by atoms with E-state index in [0.29, 0.717) is 18.7 Å². The molecule has 0 amide bonds. The van der Waals surface area contributed by atoms with Crippen LogP contribution in [0.15, 0.2) is 34.5 Å².